The van der Waals surface area contributed by atoms with Gasteiger partial charge in [0.15, 0.2) is 5.78 Å². The Bertz CT molecular complexity index is 724. The molecule has 0 aliphatic heterocycles. The van der Waals surface area contributed by atoms with Crippen LogP contribution in [0.2, 0.25) is 0 Å². The lowest BCUT2D eigenvalue weighted by Crippen LogP contribution is -2.51. The molecule has 3 saturated carbocycles. The second kappa shape index (κ2) is 11.1. The molecule has 3 nitrogen and oxygen atoms in total. The molecule has 4 aliphatic carbocycles. The van der Waals surface area contributed by atoms with Crippen LogP contribution in [0.4, 0.5) is 0 Å². The highest BCUT2D eigenvalue weighted by atomic mass is 16.5. The highest BCUT2D eigenvalue weighted by molar-refractivity contribution is 5.91. The van der Waals surface area contributed by atoms with Crippen molar-refractivity contribution in [2.24, 2.45) is 35.0 Å². The van der Waals surface area contributed by atoms with E-state index in [1.165, 1.54) is 82.6 Å². The second-order valence-electron chi connectivity index (χ2n) is 12.1. The number of carbonyl (C=O) groups excluding carboxylic acids is 2. The molecule has 3 unspecified atom stereocenters. The average molecular weight is 457 g/mol. The first-order valence-electron chi connectivity index (χ1n) is 14.3. The van der Waals surface area contributed by atoms with Crippen LogP contribution in [0.25, 0.3) is 0 Å². The zero-order valence-electron chi connectivity index (χ0n) is 21.6. The van der Waals surface area contributed by atoms with E-state index in [9.17, 15) is 9.59 Å². The third kappa shape index (κ3) is 5.43. The molecule has 0 N–H and O–H groups in total. The molecule has 4 aliphatic rings. The Labute approximate surface area is 202 Å². The fourth-order valence-corrected chi connectivity index (χ4v) is 8.56. The number of ether oxygens (including phenoxy) is 1. The smallest absolute Gasteiger partial charge is 0.302 e. The highest BCUT2D eigenvalue weighted by Crippen LogP contribution is 2.64. The maximum absolute atomic E-state index is 12.2. The predicted molar refractivity (Wildman–Crippen MR) is 134 cm³/mol. The van der Waals surface area contributed by atoms with Crippen LogP contribution >= 0.6 is 0 Å². The standard InChI is InChI=1S/C30H48O3/c1-4-5-6-7-8-9-10-11-12-22-19-23-20-24(32)13-14-25(23)26-17-18-30(3)27(29(22)26)15-16-28(30)33-21(2)31/h20,22,25-29H,4-19H2,1-3H3/t22-,25+,26?,27?,28+,29?,30+/m1/s1. The second-order valence-corrected chi connectivity index (χ2v) is 12.1. The quantitative estimate of drug-likeness (QED) is 0.249. The van der Waals surface area contributed by atoms with Gasteiger partial charge in [-0.15, -0.1) is 0 Å². The van der Waals surface area contributed by atoms with Gasteiger partial charge in [-0.25, -0.2) is 0 Å². The van der Waals surface area contributed by atoms with E-state index in [1.54, 1.807) is 6.92 Å². The average Bonchev–Trinajstić information content (AvgIpc) is 3.10. The van der Waals surface area contributed by atoms with E-state index in [0.29, 0.717) is 23.5 Å². The fraction of sp³-hybridized carbons (Fsp3) is 0.867. The topological polar surface area (TPSA) is 43.4 Å². The molecule has 0 spiro atoms. The molecule has 0 aromatic carbocycles. The van der Waals surface area contributed by atoms with Crippen molar-refractivity contribution in [2.45, 2.75) is 130 Å². The van der Waals surface area contributed by atoms with Crippen molar-refractivity contribution < 1.29 is 14.3 Å². The van der Waals surface area contributed by atoms with Crippen molar-refractivity contribution in [1.29, 1.82) is 0 Å². The maximum atomic E-state index is 12.2. The van der Waals surface area contributed by atoms with Crippen molar-refractivity contribution in [1.82, 2.24) is 0 Å². The Balaban J connectivity index is 1.44. The zero-order valence-corrected chi connectivity index (χ0v) is 21.6. The minimum absolute atomic E-state index is 0.106. The Morgan fingerprint density at radius 3 is 2.48 bits per heavy atom. The molecule has 0 heterocycles. The van der Waals surface area contributed by atoms with Crippen LogP contribution in [0.3, 0.4) is 0 Å². The molecule has 0 saturated heterocycles. The van der Waals surface area contributed by atoms with E-state index < -0.39 is 0 Å². The Hall–Kier alpha value is -1.12. The summed E-state index contributed by atoms with van der Waals surface area (Å²) < 4.78 is 5.88. The number of hydrogen-bond acceptors (Lipinski definition) is 3. The van der Waals surface area contributed by atoms with Gasteiger partial charge in [-0.05, 0) is 80.6 Å². The summed E-state index contributed by atoms with van der Waals surface area (Å²) in [5.74, 6) is 3.78. The predicted octanol–water partition coefficient (Wildman–Crippen LogP) is 7.82. The van der Waals surface area contributed by atoms with E-state index in [2.05, 4.69) is 19.9 Å². The van der Waals surface area contributed by atoms with Crippen molar-refractivity contribution in [2.75, 3.05) is 0 Å². The van der Waals surface area contributed by atoms with Crippen LogP contribution in [0.5, 0.6) is 0 Å². The minimum Gasteiger partial charge on any atom is -0.462 e. The monoisotopic (exact) mass is 456 g/mol. The van der Waals surface area contributed by atoms with Gasteiger partial charge in [-0.2, -0.15) is 0 Å². The van der Waals surface area contributed by atoms with Crippen molar-refractivity contribution in [3.05, 3.63) is 11.6 Å². The molecule has 3 fully saturated rings. The van der Waals surface area contributed by atoms with Gasteiger partial charge in [0.2, 0.25) is 0 Å². The molecular formula is C30H48O3. The molecule has 0 amide bonds. The first-order valence-corrected chi connectivity index (χ1v) is 14.3. The molecule has 4 rings (SSSR count). The molecular weight excluding hydrogens is 408 g/mol. The summed E-state index contributed by atoms with van der Waals surface area (Å²) in [6, 6.07) is 0. The lowest BCUT2D eigenvalue weighted by Gasteiger charge is -2.56. The van der Waals surface area contributed by atoms with E-state index >= 15 is 0 Å². The van der Waals surface area contributed by atoms with E-state index in [-0.39, 0.29) is 17.5 Å². The van der Waals surface area contributed by atoms with Crippen molar-refractivity contribution in [3.63, 3.8) is 0 Å². The van der Waals surface area contributed by atoms with E-state index in [1.807, 2.05) is 0 Å². The van der Waals surface area contributed by atoms with Gasteiger partial charge in [0, 0.05) is 18.8 Å². The number of hydrogen-bond donors (Lipinski definition) is 0. The third-order valence-corrected chi connectivity index (χ3v) is 10.1. The largest absolute Gasteiger partial charge is 0.462 e. The van der Waals surface area contributed by atoms with Crippen molar-refractivity contribution in [3.8, 4) is 0 Å². The molecule has 0 bridgehead atoms. The van der Waals surface area contributed by atoms with Crippen LogP contribution in [-0.2, 0) is 14.3 Å². The maximum Gasteiger partial charge on any atom is 0.302 e. The number of allylic oxidation sites excluding steroid dienone is 1. The molecule has 3 heteroatoms. The van der Waals surface area contributed by atoms with Gasteiger partial charge in [0.1, 0.15) is 6.10 Å². The van der Waals surface area contributed by atoms with Gasteiger partial charge in [0.05, 0.1) is 0 Å². The lowest BCUT2D eigenvalue weighted by atomic mass is 9.49. The summed E-state index contributed by atoms with van der Waals surface area (Å²) in [5, 5.41) is 0. The summed E-state index contributed by atoms with van der Waals surface area (Å²) >= 11 is 0. The number of fused-ring (bicyclic) bond motifs is 5. The summed E-state index contributed by atoms with van der Waals surface area (Å²) in [7, 11) is 0. The first kappa shape index (κ1) is 25.0. The van der Waals surface area contributed by atoms with Gasteiger partial charge in [0.25, 0.3) is 0 Å². The normalized spacial score (nSPS) is 37.7. The van der Waals surface area contributed by atoms with Gasteiger partial charge in [-0.1, -0.05) is 70.8 Å². The zero-order chi connectivity index (χ0) is 23.4. The molecule has 7 atom stereocenters. The molecule has 0 radical (unpaired) electrons. The van der Waals surface area contributed by atoms with Crippen LogP contribution in [-0.4, -0.2) is 17.9 Å². The van der Waals surface area contributed by atoms with E-state index in [0.717, 1.165) is 37.5 Å². The van der Waals surface area contributed by atoms with Crippen LogP contribution in [0.15, 0.2) is 11.6 Å². The SMILES string of the molecule is CCCCCCCCCC[C@@H]1CC2=CC(=O)CC[C@@H]2C2CC[C@@]3(C)C(CC[C@@H]3OC(C)=O)C21. The van der Waals surface area contributed by atoms with Crippen LogP contribution in [0.1, 0.15) is 124 Å². The van der Waals surface area contributed by atoms with Crippen LogP contribution < -0.4 is 0 Å². The third-order valence-electron chi connectivity index (χ3n) is 10.1. The van der Waals surface area contributed by atoms with Gasteiger partial charge in [-0.3, -0.25) is 9.59 Å². The molecule has 0 aromatic rings. The molecule has 186 valence electrons. The summed E-state index contributed by atoms with van der Waals surface area (Å²) in [6.45, 7) is 6.29. The van der Waals surface area contributed by atoms with Crippen LogP contribution in [0, 0.1) is 35.0 Å². The van der Waals surface area contributed by atoms with Gasteiger partial charge >= 0.3 is 5.97 Å². The molecule has 0 aromatic heterocycles. The summed E-state index contributed by atoms with van der Waals surface area (Å²) in [5.41, 5.74) is 1.64. The number of unbranched alkanes of at least 4 members (excludes halogenated alkanes) is 7. The molecule has 33 heavy (non-hydrogen) atoms. The van der Waals surface area contributed by atoms with Gasteiger partial charge < -0.3 is 4.74 Å². The number of carbonyl (C=O) groups is 2. The van der Waals surface area contributed by atoms with E-state index in [4.69, 9.17) is 4.74 Å². The Morgan fingerprint density at radius 2 is 1.76 bits per heavy atom. The summed E-state index contributed by atoms with van der Waals surface area (Å²) in [4.78, 5) is 24.1. The fourth-order valence-electron chi connectivity index (χ4n) is 8.56. The van der Waals surface area contributed by atoms with Crippen molar-refractivity contribution >= 4 is 11.8 Å². The number of ketones is 1. The Kier molecular flexibility index (Phi) is 8.39. The first-order chi connectivity index (χ1) is 15.9. The lowest BCUT2D eigenvalue weighted by molar-refractivity contribution is -0.157. The number of rotatable bonds is 10. The number of esters is 1. The Morgan fingerprint density at radius 1 is 1.03 bits per heavy atom. The highest BCUT2D eigenvalue weighted by Gasteiger charge is 2.59. The summed E-state index contributed by atoms with van der Waals surface area (Å²) in [6.07, 6.45) is 22.1. The minimum atomic E-state index is -0.112.